The van der Waals surface area contributed by atoms with Crippen molar-refractivity contribution in [3.05, 3.63) is 75.5 Å². The number of esters is 1. The predicted octanol–water partition coefficient (Wildman–Crippen LogP) is 2.56. The van der Waals surface area contributed by atoms with Crippen molar-refractivity contribution in [1.29, 1.82) is 0 Å². The van der Waals surface area contributed by atoms with Crippen molar-refractivity contribution in [2.45, 2.75) is 13.3 Å². The number of ketones is 4. The maximum Gasteiger partial charge on any atom is 0.511 e. The third-order valence-corrected chi connectivity index (χ3v) is 5.23. The summed E-state index contributed by atoms with van der Waals surface area (Å²) < 4.78 is 14.5. The first-order valence-corrected chi connectivity index (χ1v) is 10.1. The molecular formula is C24H16O10. The molecule has 0 fully saturated rings. The Kier molecular flexibility index (Phi) is 5.80. The molecule has 0 atom stereocenters. The normalized spacial score (nSPS) is 14.3. The number of rotatable bonds is 5. The Balaban J connectivity index is 1.71. The minimum Gasteiger partial charge on any atom is -0.482 e. The first-order chi connectivity index (χ1) is 16.2. The van der Waals surface area contributed by atoms with Gasteiger partial charge in [-0.3, -0.25) is 19.2 Å². The number of fused-ring (bicyclic) bond motifs is 3. The lowest BCUT2D eigenvalue weighted by molar-refractivity contribution is -0.145. The summed E-state index contributed by atoms with van der Waals surface area (Å²) >= 11 is 0. The second kappa shape index (κ2) is 8.74. The van der Waals surface area contributed by atoms with Crippen LogP contribution in [0.5, 0.6) is 5.75 Å². The maximum absolute atomic E-state index is 13.2. The highest BCUT2D eigenvalue weighted by molar-refractivity contribution is 6.27. The van der Waals surface area contributed by atoms with E-state index in [2.05, 4.69) is 4.74 Å². The standard InChI is InChI=1S/C24H16O10/c1-2-32-21(27)10-33-12-3-4-13-11(5-12)6-18(25)14-8-17-15(7-16(14)22(13)28)19(26)9-20(23(17)29)34-24(30)31/h3-5,7-9H,2,6,10H2,1H3,(H,30,31). The molecule has 10 nitrogen and oxygen atoms in total. The fraction of sp³-hybridized carbons (Fsp3) is 0.167. The molecule has 0 radical (unpaired) electrons. The van der Waals surface area contributed by atoms with Crippen molar-refractivity contribution in [3.8, 4) is 5.75 Å². The minimum atomic E-state index is -1.77. The highest BCUT2D eigenvalue weighted by Gasteiger charge is 2.34. The molecule has 2 aromatic carbocycles. The smallest absolute Gasteiger partial charge is 0.482 e. The van der Waals surface area contributed by atoms with E-state index in [1.165, 1.54) is 24.3 Å². The Morgan fingerprint density at radius 2 is 1.62 bits per heavy atom. The van der Waals surface area contributed by atoms with E-state index in [0.29, 0.717) is 5.56 Å². The van der Waals surface area contributed by atoms with Crippen molar-refractivity contribution in [2.75, 3.05) is 13.2 Å². The first-order valence-electron chi connectivity index (χ1n) is 10.1. The van der Waals surface area contributed by atoms with Gasteiger partial charge in [0.25, 0.3) is 0 Å². The second-order valence-corrected chi connectivity index (χ2v) is 7.36. The van der Waals surface area contributed by atoms with Crippen LogP contribution in [0.3, 0.4) is 0 Å². The Morgan fingerprint density at radius 3 is 2.32 bits per heavy atom. The number of hydrogen-bond donors (Lipinski definition) is 1. The third kappa shape index (κ3) is 4.08. The number of benzene rings is 2. The lowest BCUT2D eigenvalue weighted by Gasteiger charge is -2.16. The van der Waals surface area contributed by atoms with E-state index in [1.54, 1.807) is 6.92 Å². The summed E-state index contributed by atoms with van der Waals surface area (Å²) in [6, 6.07) is 6.67. The number of allylic oxidation sites excluding steroid dienone is 2. The number of hydrogen-bond acceptors (Lipinski definition) is 9. The van der Waals surface area contributed by atoms with Crippen LogP contribution in [0.2, 0.25) is 0 Å². The molecule has 10 heteroatoms. The fourth-order valence-corrected chi connectivity index (χ4v) is 3.76. The molecule has 0 unspecified atom stereocenters. The van der Waals surface area contributed by atoms with Gasteiger partial charge in [-0.25, -0.2) is 9.59 Å². The van der Waals surface area contributed by atoms with E-state index in [-0.39, 0.29) is 53.2 Å². The first kappa shape index (κ1) is 22.6. The van der Waals surface area contributed by atoms with Crippen LogP contribution >= 0.6 is 0 Å². The van der Waals surface area contributed by atoms with Gasteiger partial charge >= 0.3 is 12.1 Å². The molecule has 0 saturated heterocycles. The SMILES string of the molecule is CCOC(=O)COc1ccc2c(c1)CC(=O)c1cc3c(cc1C2=O)C(=O)C=C(OC(=O)O)C3=O. The van der Waals surface area contributed by atoms with Gasteiger partial charge in [0.05, 0.1) is 6.61 Å². The zero-order chi connectivity index (χ0) is 24.6. The van der Waals surface area contributed by atoms with Crippen molar-refractivity contribution in [3.63, 3.8) is 0 Å². The van der Waals surface area contributed by atoms with Crippen molar-refractivity contribution >= 4 is 35.3 Å². The molecule has 0 aliphatic heterocycles. The zero-order valence-electron chi connectivity index (χ0n) is 17.7. The third-order valence-electron chi connectivity index (χ3n) is 5.23. The predicted molar refractivity (Wildman–Crippen MR) is 112 cm³/mol. The van der Waals surface area contributed by atoms with E-state index in [1.807, 2.05) is 0 Å². The Morgan fingerprint density at radius 1 is 0.912 bits per heavy atom. The minimum absolute atomic E-state index is 0.0557. The maximum atomic E-state index is 13.2. The van der Waals surface area contributed by atoms with Gasteiger partial charge in [0.15, 0.2) is 29.7 Å². The summed E-state index contributed by atoms with van der Waals surface area (Å²) in [7, 11) is 0. The molecule has 34 heavy (non-hydrogen) atoms. The molecule has 1 N–H and O–H groups in total. The Labute approximate surface area is 191 Å². The molecule has 0 spiro atoms. The molecule has 2 aliphatic rings. The van der Waals surface area contributed by atoms with Crippen molar-refractivity contribution in [2.24, 2.45) is 0 Å². The van der Waals surface area contributed by atoms with Gasteiger partial charge in [-0.1, -0.05) is 0 Å². The summed E-state index contributed by atoms with van der Waals surface area (Å²) in [6.07, 6.45) is -1.25. The van der Waals surface area contributed by atoms with E-state index in [4.69, 9.17) is 14.6 Å². The molecule has 0 saturated carbocycles. The van der Waals surface area contributed by atoms with Crippen molar-refractivity contribution < 1.29 is 48.1 Å². The summed E-state index contributed by atoms with van der Waals surface area (Å²) in [6.45, 7) is 1.51. The average molecular weight is 464 g/mol. The largest absolute Gasteiger partial charge is 0.511 e. The van der Waals surface area contributed by atoms with Gasteiger partial charge in [-0.2, -0.15) is 0 Å². The second-order valence-electron chi connectivity index (χ2n) is 7.36. The quantitative estimate of drug-likeness (QED) is 0.654. The highest BCUT2D eigenvalue weighted by atomic mass is 16.7. The molecule has 0 aromatic heterocycles. The number of ether oxygens (including phenoxy) is 3. The van der Waals surface area contributed by atoms with Gasteiger partial charge in [0.1, 0.15) is 5.75 Å². The summed E-state index contributed by atoms with van der Waals surface area (Å²) in [5.74, 6) is -3.67. The molecule has 2 aromatic rings. The Hall–Kier alpha value is -4.60. The average Bonchev–Trinajstić information content (AvgIpc) is 2.89. The molecule has 0 bridgehead atoms. The van der Waals surface area contributed by atoms with Crippen LogP contribution in [0.15, 0.2) is 42.2 Å². The van der Waals surface area contributed by atoms with Crippen LogP contribution in [0.1, 0.15) is 59.5 Å². The topological polar surface area (TPSA) is 150 Å². The molecule has 0 amide bonds. The number of carbonyl (C=O) groups is 6. The zero-order valence-corrected chi connectivity index (χ0v) is 17.7. The van der Waals surface area contributed by atoms with E-state index >= 15 is 0 Å². The number of Topliss-reactive ketones (excluding diaryl/α,β-unsaturated/α-hetero) is 2. The molecule has 2 aliphatic carbocycles. The molecular weight excluding hydrogens is 448 g/mol. The lowest BCUT2D eigenvalue weighted by Crippen LogP contribution is -2.22. The number of carboxylic acid groups (broad SMARTS) is 1. The monoisotopic (exact) mass is 464 g/mol. The van der Waals surface area contributed by atoms with Gasteiger partial charge < -0.3 is 19.3 Å². The summed E-state index contributed by atoms with van der Waals surface area (Å²) in [4.78, 5) is 73.7. The van der Waals surface area contributed by atoms with Crippen LogP contribution in [0.25, 0.3) is 0 Å². The van der Waals surface area contributed by atoms with Crippen LogP contribution in [0.4, 0.5) is 4.79 Å². The van der Waals surface area contributed by atoms with E-state index in [9.17, 15) is 28.8 Å². The highest BCUT2D eigenvalue weighted by Crippen LogP contribution is 2.32. The number of carbonyl (C=O) groups excluding carboxylic acids is 5. The van der Waals surface area contributed by atoms with Crippen LogP contribution in [0, 0.1) is 0 Å². The lowest BCUT2D eigenvalue weighted by atomic mass is 9.87. The summed E-state index contributed by atoms with van der Waals surface area (Å²) in [5.41, 5.74) is 0.0480. The molecule has 4 rings (SSSR count). The van der Waals surface area contributed by atoms with E-state index < -0.39 is 41.0 Å². The van der Waals surface area contributed by atoms with Gasteiger partial charge in [-0.15, -0.1) is 0 Å². The van der Waals surface area contributed by atoms with Gasteiger partial charge in [-0.05, 0) is 42.8 Å². The van der Waals surface area contributed by atoms with Crippen LogP contribution < -0.4 is 4.74 Å². The Bertz CT molecular complexity index is 1330. The summed E-state index contributed by atoms with van der Waals surface area (Å²) in [5, 5.41) is 8.78. The van der Waals surface area contributed by atoms with Crippen LogP contribution in [-0.2, 0) is 20.7 Å². The van der Waals surface area contributed by atoms with Gasteiger partial charge in [0.2, 0.25) is 5.78 Å². The molecule has 0 heterocycles. The molecule has 172 valence electrons. The van der Waals surface area contributed by atoms with Gasteiger partial charge in [0, 0.05) is 40.3 Å². The van der Waals surface area contributed by atoms with Crippen molar-refractivity contribution in [1.82, 2.24) is 0 Å². The van der Waals surface area contributed by atoms with E-state index in [0.717, 1.165) is 12.1 Å². The fourth-order valence-electron chi connectivity index (χ4n) is 3.76. The van der Waals surface area contributed by atoms with Crippen LogP contribution in [-0.4, -0.2) is 53.6 Å².